The summed E-state index contributed by atoms with van der Waals surface area (Å²) < 4.78 is 44.6. The van der Waals surface area contributed by atoms with Gasteiger partial charge in [-0.05, 0) is 25.5 Å². The van der Waals surface area contributed by atoms with Crippen LogP contribution in [0.15, 0.2) is 54.6 Å². The van der Waals surface area contributed by atoms with E-state index in [2.05, 4.69) is 20.3 Å². The molecule has 0 amide bonds. The maximum Gasteiger partial charge on any atom is 0.389 e. The van der Waals surface area contributed by atoms with Crippen LogP contribution < -0.4 is 5.32 Å². The van der Waals surface area contributed by atoms with E-state index in [-0.39, 0.29) is 13.2 Å². The number of nitrogens with one attached hydrogen (secondary N) is 1. The Morgan fingerprint density at radius 3 is 2.57 bits per heavy atom. The van der Waals surface area contributed by atoms with Gasteiger partial charge < -0.3 is 29.3 Å². The van der Waals surface area contributed by atoms with Crippen molar-refractivity contribution in [3.63, 3.8) is 0 Å². The quantitative estimate of drug-likeness (QED) is 0.351. The molecule has 4 atom stereocenters. The Morgan fingerprint density at radius 2 is 1.89 bits per heavy atom. The minimum atomic E-state index is -4.19. The number of hydrogen-bond donors (Lipinski definition) is 3. The Balaban J connectivity index is 1.57. The van der Waals surface area contributed by atoms with Crippen molar-refractivity contribution in [3.05, 3.63) is 60.2 Å². The number of aromatic nitrogens is 4. The second-order valence-electron chi connectivity index (χ2n) is 7.68. The molecule has 1 aliphatic rings. The van der Waals surface area contributed by atoms with Crippen LogP contribution in [0, 0.1) is 0 Å². The second-order valence-corrected chi connectivity index (χ2v) is 9.62. The highest BCUT2D eigenvalue weighted by atomic mass is 31.2. The highest BCUT2D eigenvalue weighted by molar-refractivity contribution is 7.58. The second kappa shape index (κ2) is 10.9. The maximum atomic E-state index is 14.8. The number of hydrogen-bond acceptors (Lipinski definition) is 10. The molecule has 0 saturated carbocycles. The molecule has 0 radical (unpaired) electrons. The summed E-state index contributed by atoms with van der Waals surface area (Å²) in [6.07, 6.45) is -1.89. The molecule has 0 spiro atoms. The molecule has 3 N–H and O–H groups in total. The third kappa shape index (κ3) is 5.27. The zero-order chi connectivity index (χ0) is 25.0. The minimum Gasteiger partial charge on any atom is -0.387 e. The Labute approximate surface area is 201 Å². The fourth-order valence-corrected chi connectivity index (χ4v) is 5.06. The lowest BCUT2D eigenvalue weighted by Gasteiger charge is -2.17. The van der Waals surface area contributed by atoms with Crippen LogP contribution in [-0.2, 0) is 24.9 Å². The minimum absolute atomic E-state index is 0.0424. The molecule has 13 heteroatoms. The summed E-state index contributed by atoms with van der Waals surface area (Å²) >= 11 is 0. The summed E-state index contributed by atoms with van der Waals surface area (Å²) in [4.78, 5) is 12.8. The first-order valence-corrected chi connectivity index (χ1v) is 12.7. The third-order valence-electron chi connectivity index (χ3n) is 5.37. The van der Waals surface area contributed by atoms with E-state index >= 15 is 0 Å². The van der Waals surface area contributed by atoms with Gasteiger partial charge in [-0.2, -0.15) is 4.39 Å². The molecule has 4 rings (SSSR count). The predicted octanol–water partition coefficient (Wildman–Crippen LogP) is 3.13. The fraction of sp³-hybridized carbons (Fsp3) is 0.409. The Hall–Kier alpha value is -2.73. The van der Waals surface area contributed by atoms with E-state index in [1.165, 1.54) is 17.2 Å². The van der Waals surface area contributed by atoms with Crippen LogP contribution in [-0.4, -0.2) is 61.3 Å². The number of fused-ring (bicyclic) bond motifs is 1. The molecular weight excluding hydrogens is 480 g/mol. The monoisotopic (exact) mass is 507 g/mol. The van der Waals surface area contributed by atoms with Crippen LogP contribution in [0.4, 0.5) is 10.2 Å². The van der Waals surface area contributed by atoms with E-state index in [1.54, 1.807) is 13.8 Å². The summed E-state index contributed by atoms with van der Waals surface area (Å²) in [5.41, 5.74) is 0.607. The molecule has 1 saturated heterocycles. The molecule has 35 heavy (non-hydrogen) atoms. The van der Waals surface area contributed by atoms with Gasteiger partial charge in [0, 0.05) is 6.54 Å². The first kappa shape index (κ1) is 25.4. The van der Waals surface area contributed by atoms with E-state index in [0.717, 1.165) is 11.6 Å². The lowest BCUT2D eigenvalue weighted by atomic mass is 10.1. The van der Waals surface area contributed by atoms with Crippen LogP contribution in [0.5, 0.6) is 0 Å². The number of halogens is 1. The number of rotatable bonds is 10. The average Bonchev–Trinajstić information content (AvgIpc) is 3.40. The number of aliphatic hydroxyl groups excluding tert-OH is 2. The van der Waals surface area contributed by atoms with E-state index in [0.29, 0.717) is 23.5 Å². The van der Waals surface area contributed by atoms with Crippen molar-refractivity contribution in [1.82, 2.24) is 19.5 Å². The molecule has 2 aromatic heterocycles. The molecule has 0 aliphatic carbocycles. The zero-order valence-corrected chi connectivity index (χ0v) is 20.1. The number of nitrogens with zero attached hydrogens (tertiary/aromatic N) is 4. The van der Waals surface area contributed by atoms with Crippen molar-refractivity contribution in [1.29, 1.82) is 0 Å². The van der Waals surface area contributed by atoms with Gasteiger partial charge in [-0.1, -0.05) is 30.3 Å². The number of ether oxygens (including phenoxy) is 1. The number of aliphatic hydroxyl groups is 2. The molecule has 1 aliphatic heterocycles. The van der Waals surface area contributed by atoms with Crippen LogP contribution in [0.1, 0.15) is 25.6 Å². The highest BCUT2D eigenvalue weighted by Crippen LogP contribution is 2.57. The number of imidazole rings is 1. The van der Waals surface area contributed by atoms with E-state index < -0.39 is 37.7 Å². The van der Waals surface area contributed by atoms with Gasteiger partial charge in [-0.3, -0.25) is 9.13 Å². The highest BCUT2D eigenvalue weighted by Gasteiger charge is 2.45. The first-order valence-electron chi connectivity index (χ1n) is 11.1. The van der Waals surface area contributed by atoms with Crippen molar-refractivity contribution in [2.45, 2.75) is 44.9 Å². The first-order chi connectivity index (χ1) is 16.9. The molecule has 11 nitrogen and oxygen atoms in total. The number of benzene rings is 1. The predicted molar refractivity (Wildman–Crippen MR) is 125 cm³/mol. The summed E-state index contributed by atoms with van der Waals surface area (Å²) in [5.74, 6) is 0.475. The van der Waals surface area contributed by atoms with Crippen molar-refractivity contribution in [2.75, 3.05) is 18.5 Å². The number of anilines is 1. The van der Waals surface area contributed by atoms with Crippen molar-refractivity contribution in [2.24, 2.45) is 0 Å². The molecule has 3 aromatic rings. The van der Waals surface area contributed by atoms with Crippen molar-refractivity contribution < 1.29 is 33.0 Å². The summed E-state index contributed by atoms with van der Waals surface area (Å²) in [6.45, 7) is 3.52. The SMILES string of the molecule is CCOP(=O)(OCC)/C(F)=C/[C@H]1O[C@@H](n2cnc3c(NCc4ccccc4)ncnc32)[C@H](O)[C@@H]1O. The van der Waals surface area contributed by atoms with Gasteiger partial charge in [0.25, 0.3) is 0 Å². The van der Waals surface area contributed by atoms with Crippen LogP contribution in [0.3, 0.4) is 0 Å². The van der Waals surface area contributed by atoms with Crippen molar-refractivity contribution in [3.8, 4) is 0 Å². The smallest absolute Gasteiger partial charge is 0.387 e. The van der Waals surface area contributed by atoms with E-state index in [1.807, 2.05) is 30.3 Å². The van der Waals surface area contributed by atoms with Crippen LogP contribution in [0.2, 0.25) is 0 Å². The Kier molecular flexibility index (Phi) is 7.90. The van der Waals surface area contributed by atoms with Gasteiger partial charge in [-0.15, -0.1) is 0 Å². The standard InChI is InChI=1S/C22H27FN5O6P/c1-3-32-35(31,33-4-2)16(23)10-15-18(29)19(30)22(34-15)28-13-27-17-20(25-12-26-21(17)28)24-11-14-8-6-5-7-9-14/h5-10,12-13,15,18-19,22,29-30H,3-4,11H2,1-2H3,(H,24,25,26)/b16-10+/t15-,18-,19-,22-/m1/s1. The molecule has 188 valence electrons. The van der Waals surface area contributed by atoms with E-state index in [4.69, 9.17) is 13.8 Å². The maximum absolute atomic E-state index is 14.8. The zero-order valence-electron chi connectivity index (χ0n) is 19.2. The molecule has 0 unspecified atom stereocenters. The normalized spacial score (nSPS) is 23.2. The molecular formula is C22H27FN5O6P. The summed E-state index contributed by atoms with van der Waals surface area (Å²) in [7, 11) is -4.19. The largest absolute Gasteiger partial charge is 0.389 e. The third-order valence-corrected chi connectivity index (χ3v) is 7.24. The lowest BCUT2D eigenvalue weighted by Crippen LogP contribution is -2.30. The lowest BCUT2D eigenvalue weighted by molar-refractivity contribution is -0.0247. The molecule has 1 fully saturated rings. The van der Waals surface area contributed by atoms with Gasteiger partial charge in [0.15, 0.2) is 23.2 Å². The molecule has 3 heterocycles. The van der Waals surface area contributed by atoms with Crippen LogP contribution in [0.25, 0.3) is 11.2 Å². The Bertz CT molecular complexity index is 1220. The summed E-state index contributed by atoms with van der Waals surface area (Å²) in [5, 5.41) is 24.3. The summed E-state index contributed by atoms with van der Waals surface area (Å²) in [6, 6.07) is 9.73. The van der Waals surface area contributed by atoms with E-state index in [9.17, 15) is 19.2 Å². The average molecular weight is 507 g/mol. The van der Waals surface area contributed by atoms with Gasteiger partial charge in [0.05, 0.1) is 19.5 Å². The topological polar surface area (TPSA) is 141 Å². The van der Waals surface area contributed by atoms with Gasteiger partial charge in [0.1, 0.15) is 24.6 Å². The molecule has 0 bridgehead atoms. The Morgan fingerprint density at radius 1 is 1.17 bits per heavy atom. The van der Waals surface area contributed by atoms with Gasteiger partial charge >= 0.3 is 7.60 Å². The van der Waals surface area contributed by atoms with Crippen LogP contribution >= 0.6 is 7.60 Å². The fourth-order valence-electron chi connectivity index (χ4n) is 3.73. The van der Waals surface area contributed by atoms with Gasteiger partial charge in [-0.25, -0.2) is 15.0 Å². The molecule has 1 aromatic carbocycles. The van der Waals surface area contributed by atoms with Crippen molar-refractivity contribution >= 4 is 24.6 Å². The van der Waals surface area contributed by atoms with Gasteiger partial charge in [0.2, 0.25) is 5.57 Å².